The first-order chi connectivity index (χ1) is 11.0. The molecule has 0 N–H and O–H groups in total. The van der Waals surface area contributed by atoms with E-state index >= 15 is 0 Å². The number of Topliss-reactive ketones (excluding diaryl/α,β-unsaturated/α-hetero) is 1. The summed E-state index contributed by atoms with van der Waals surface area (Å²) < 4.78 is 10.7. The lowest BCUT2D eigenvalue weighted by Crippen LogP contribution is -2.31. The summed E-state index contributed by atoms with van der Waals surface area (Å²) in [5.74, 6) is 0.556. The molecule has 0 unspecified atom stereocenters. The highest BCUT2D eigenvalue weighted by Gasteiger charge is 2.15. The van der Waals surface area contributed by atoms with Gasteiger partial charge in [0.25, 0.3) is 5.91 Å². The highest BCUT2D eigenvalue weighted by atomic mass is 16.5. The molecule has 0 atom stereocenters. The monoisotopic (exact) mass is 313 g/mol. The Morgan fingerprint density at radius 1 is 1.09 bits per heavy atom. The molecule has 0 spiro atoms. The average Bonchev–Trinajstić information content (AvgIpc) is 2.59. The fraction of sp³-hybridized carbons (Fsp3) is 0.222. The lowest BCUT2D eigenvalue weighted by atomic mass is 10.1. The van der Waals surface area contributed by atoms with Crippen LogP contribution in [-0.4, -0.2) is 32.5 Å². The smallest absolute Gasteiger partial charge is 0.264 e. The first-order valence-corrected chi connectivity index (χ1v) is 7.16. The van der Waals surface area contributed by atoms with E-state index in [4.69, 9.17) is 9.47 Å². The van der Waals surface area contributed by atoms with Crippen molar-refractivity contribution in [3.63, 3.8) is 0 Å². The molecule has 0 heterocycles. The summed E-state index contributed by atoms with van der Waals surface area (Å²) in [5.41, 5.74) is 1.19. The molecule has 0 radical (unpaired) electrons. The van der Waals surface area contributed by atoms with Gasteiger partial charge in [-0.1, -0.05) is 18.2 Å². The number of ketones is 1. The number of carbonyl (C=O) groups is 2. The summed E-state index contributed by atoms with van der Waals surface area (Å²) in [6, 6.07) is 14.2. The number of benzene rings is 2. The number of hydrogen-bond acceptors (Lipinski definition) is 4. The Labute approximate surface area is 135 Å². The van der Waals surface area contributed by atoms with Gasteiger partial charge in [0.15, 0.2) is 12.4 Å². The minimum atomic E-state index is -0.214. The lowest BCUT2D eigenvalue weighted by molar-refractivity contribution is -0.120. The van der Waals surface area contributed by atoms with E-state index in [-0.39, 0.29) is 18.3 Å². The van der Waals surface area contributed by atoms with Gasteiger partial charge in [-0.25, -0.2) is 0 Å². The largest absolute Gasteiger partial charge is 0.497 e. The predicted molar refractivity (Wildman–Crippen MR) is 88.3 cm³/mol. The van der Waals surface area contributed by atoms with Crippen LogP contribution in [-0.2, 0) is 4.79 Å². The molecule has 2 aromatic rings. The summed E-state index contributed by atoms with van der Waals surface area (Å²) in [6.07, 6.45) is 0. The van der Waals surface area contributed by atoms with E-state index < -0.39 is 0 Å². The molecule has 120 valence electrons. The number of amides is 1. The van der Waals surface area contributed by atoms with E-state index in [1.807, 2.05) is 30.3 Å². The normalized spacial score (nSPS) is 10.0. The molecule has 2 aromatic carbocycles. The highest BCUT2D eigenvalue weighted by molar-refractivity contribution is 5.97. The van der Waals surface area contributed by atoms with Crippen molar-refractivity contribution >= 4 is 17.4 Å². The Balaban J connectivity index is 2.11. The second-order valence-corrected chi connectivity index (χ2v) is 5.00. The van der Waals surface area contributed by atoms with Crippen LogP contribution in [0.15, 0.2) is 48.5 Å². The molecule has 5 nitrogen and oxygen atoms in total. The molecular weight excluding hydrogens is 294 g/mol. The Morgan fingerprint density at radius 2 is 1.78 bits per heavy atom. The number of carbonyl (C=O) groups excluding carboxylic acids is 2. The molecule has 0 saturated heterocycles. The van der Waals surface area contributed by atoms with Gasteiger partial charge in [-0.15, -0.1) is 0 Å². The highest BCUT2D eigenvalue weighted by Crippen LogP contribution is 2.25. The van der Waals surface area contributed by atoms with Crippen LogP contribution in [0.1, 0.15) is 17.3 Å². The van der Waals surface area contributed by atoms with E-state index in [0.717, 1.165) is 5.69 Å². The van der Waals surface area contributed by atoms with Crippen LogP contribution in [0.3, 0.4) is 0 Å². The maximum Gasteiger partial charge on any atom is 0.264 e. The third kappa shape index (κ3) is 4.10. The predicted octanol–water partition coefficient (Wildman–Crippen LogP) is 2.94. The van der Waals surface area contributed by atoms with Gasteiger partial charge in [-0.05, 0) is 31.2 Å². The van der Waals surface area contributed by atoms with E-state index in [0.29, 0.717) is 17.1 Å². The van der Waals surface area contributed by atoms with Crippen LogP contribution in [0, 0.1) is 0 Å². The molecule has 0 aliphatic rings. The van der Waals surface area contributed by atoms with Gasteiger partial charge in [-0.3, -0.25) is 9.59 Å². The molecule has 0 fully saturated rings. The zero-order valence-electron chi connectivity index (χ0n) is 13.4. The average molecular weight is 313 g/mol. The molecule has 0 aliphatic heterocycles. The lowest BCUT2D eigenvalue weighted by Gasteiger charge is -2.18. The molecular formula is C18H19NO4. The third-order valence-electron chi connectivity index (χ3n) is 3.44. The zero-order chi connectivity index (χ0) is 16.8. The van der Waals surface area contributed by atoms with E-state index in [1.54, 1.807) is 25.2 Å². The summed E-state index contributed by atoms with van der Waals surface area (Å²) in [7, 11) is 3.21. The van der Waals surface area contributed by atoms with E-state index in [1.165, 1.54) is 18.9 Å². The summed E-state index contributed by atoms with van der Waals surface area (Å²) in [6.45, 7) is 1.28. The molecule has 0 bridgehead atoms. The number of para-hydroxylation sites is 1. The first-order valence-electron chi connectivity index (χ1n) is 7.16. The maximum atomic E-state index is 12.2. The van der Waals surface area contributed by atoms with Crippen molar-refractivity contribution in [3.8, 4) is 11.5 Å². The van der Waals surface area contributed by atoms with Gasteiger partial charge in [-0.2, -0.15) is 0 Å². The van der Waals surface area contributed by atoms with Crippen molar-refractivity contribution in [1.29, 1.82) is 0 Å². The van der Waals surface area contributed by atoms with Gasteiger partial charge in [0, 0.05) is 18.8 Å². The molecule has 0 saturated carbocycles. The summed E-state index contributed by atoms with van der Waals surface area (Å²) in [5, 5.41) is 0. The van der Waals surface area contributed by atoms with Gasteiger partial charge in [0.1, 0.15) is 11.5 Å². The Bertz CT molecular complexity index is 697. The molecule has 0 aromatic heterocycles. The standard InChI is InChI=1S/C18H19NO4/c1-13(20)16-10-9-15(22-3)11-17(16)23-12-18(21)19(2)14-7-5-4-6-8-14/h4-11H,12H2,1-3H3. The fourth-order valence-corrected chi connectivity index (χ4v) is 2.07. The molecule has 2 rings (SSSR count). The Morgan fingerprint density at radius 3 is 2.39 bits per heavy atom. The number of likely N-dealkylation sites (N-methyl/N-ethyl adjacent to an activating group) is 1. The van der Waals surface area contributed by atoms with Crippen LogP contribution in [0.2, 0.25) is 0 Å². The van der Waals surface area contributed by atoms with Gasteiger partial charge >= 0.3 is 0 Å². The minimum absolute atomic E-state index is 0.133. The second-order valence-electron chi connectivity index (χ2n) is 5.00. The Hall–Kier alpha value is -2.82. The van der Waals surface area contributed by atoms with Crippen molar-refractivity contribution in [1.82, 2.24) is 0 Å². The van der Waals surface area contributed by atoms with Crippen molar-refractivity contribution in [2.75, 3.05) is 25.7 Å². The van der Waals surface area contributed by atoms with Gasteiger partial charge < -0.3 is 14.4 Å². The van der Waals surface area contributed by atoms with Crippen molar-refractivity contribution in [2.24, 2.45) is 0 Å². The topological polar surface area (TPSA) is 55.8 Å². The van der Waals surface area contributed by atoms with E-state index in [9.17, 15) is 9.59 Å². The van der Waals surface area contributed by atoms with Gasteiger partial charge in [0.2, 0.25) is 0 Å². The van der Waals surface area contributed by atoms with Crippen LogP contribution in [0.25, 0.3) is 0 Å². The van der Waals surface area contributed by atoms with Crippen LogP contribution in [0.5, 0.6) is 11.5 Å². The SMILES string of the molecule is COc1ccc(C(C)=O)c(OCC(=O)N(C)c2ccccc2)c1. The molecule has 23 heavy (non-hydrogen) atoms. The van der Waals surface area contributed by atoms with Crippen LogP contribution >= 0.6 is 0 Å². The van der Waals surface area contributed by atoms with Crippen LogP contribution in [0.4, 0.5) is 5.69 Å². The number of nitrogens with zero attached hydrogens (tertiary/aromatic N) is 1. The summed E-state index contributed by atoms with van der Waals surface area (Å²) in [4.78, 5) is 25.4. The van der Waals surface area contributed by atoms with Crippen molar-refractivity contribution < 1.29 is 19.1 Å². The second kappa shape index (κ2) is 7.45. The number of anilines is 1. The molecule has 1 amide bonds. The number of ether oxygens (including phenoxy) is 2. The minimum Gasteiger partial charge on any atom is -0.497 e. The summed E-state index contributed by atoms with van der Waals surface area (Å²) >= 11 is 0. The van der Waals surface area contributed by atoms with Crippen LogP contribution < -0.4 is 14.4 Å². The quantitative estimate of drug-likeness (QED) is 0.769. The number of hydrogen-bond donors (Lipinski definition) is 0. The third-order valence-corrected chi connectivity index (χ3v) is 3.44. The molecule has 0 aliphatic carbocycles. The van der Waals surface area contributed by atoms with Crippen molar-refractivity contribution in [3.05, 3.63) is 54.1 Å². The van der Waals surface area contributed by atoms with E-state index in [2.05, 4.69) is 0 Å². The fourth-order valence-electron chi connectivity index (χ4n) is 2.07. The number of methoxy groups -OCH3 is 1. The molecule has 5 heteroatoms. The van der Waals surface area contributed by atoms with Crippen molar-refractivity contribution in [2.45, 2.75) is 6.92 Å². The Kier molecular flexibility index (Phi) is 5.36. The maximum absolute atomic E-state index is 12.2. The van der Waals surface area contributed by atoms with Gasteiger partial charge in [0.05, 0.1) is 12.7 Å². The first kappa shape index (κ1) is 16.5. The zero-order valence-corrected chi connectivity index (χ0v) is 13.4. The number of rotatable bonds is 6.